The molecule has 0 spiro atoms. The molecule has 1 aromatic rings. The highest BCUT2D eigenvalue weighted by Gasteiger charge is 2.30. The standard InChI is InChI=1S/C15H18BrNO/c1-10-4-6-14(13(16)7-10)18-15-8-11(2)3-5-12(15)9-17/h4,6-7,11-12,15H,3,5,8H2,1-2H3. The lowest BCUT2D eigenvalue weighted by Gasteiger charge is -2.31. The maximum atomic E-state index is 9.20. The molecule has 3 heteroatoms. The first-order valence-electron chi connectivity index (χ1n) is 6.42. The summed E-state index contributed by atoms with van der Waals surface area (Å²) in [4.78, 5) is 0. The van der Waals surface area contributed by atoms with Gasteiger partial charge in [-0.15, -0.1) is 0 Å². The number of aryl methyl sites for hydroxylation is 1. The molecule has 0 bridgehead atoms. The number of hydrogen-bond acceptors (Lipinski definition) is 2. The highest BCUT2D eigenvalue weighted by molar-refractivity contribution is 9.10. The molecule has 0 aromatic heterocycles. The van der Waals surface area contributed by atoms with Crippen LogP contribution in [0.1, 0.15) is 31.7 Å². The Morgan fingerprint density at radius 3 is 2.83 bits per heavy atom. The summed E-state index contributed by atoms with van der Waals surface area (Å²) in [6, 6.07) is 8.44. The van der Waals surface area contributed by atoms with Gasteiger partial charge < -0.3 is 4.74 Å². The van der Waals surface area contributed by atoms with Crippen LogP contribution in [-0.4, -0.2) is 6.10 Å². The van der Waals surface area contributed by atoms with E-state index in [1.165, 1.54) is 5.56 Å². The van der Waals surface area contributed by atoms with Gasteiger partial charge in [0.1, 0.15) is 11.9 Å². The SMILES string of the molecule is Cc1ccc(OC2CC(C)CCC2C#N)c(Br)c1. The molecular weight excluding hydrogens is 290 g/mol. The normalized spacial score (nSPS) is 27.6. The third kappa shape index (κ3) is 3.05. The van der Waals surface area contributed by atoms with Gasteiger partial charge in [0.05, 0.1) is 16.5 Å². The van der Waals surface area contributed by atoms with E-state index in [-0.39, 0.29) is 12.0 Å². The van der Waals surface area contributed by atoms with E-state index in [0.717, 1.165) is 29.5 Å². The largest absolute Gasteiger partial charge is 0.488 e. The van der Waals surface area contributed by atoms with Crippen molar-refractivity contribution >= 4 is 15.9 Å². The Kier molecular flexibility index (Phi) is 4.29. The van der Waals surface area contributed by atoms with Crippen molar-refractivity contribution in [3.05, 3.63) is 28.2 Å². The van der Waals surface area contributed by atoms with Gasteiger partial charge in [0.25, 0.3) is 0 Å². The van der Waals surface area contributed by atoms with Crippen molar-refractivity contribution in [2.75, 3.05) is 0 Å². The molecule has 3 unspecified atom stereocenters. The Hall–Kier alpha value is -1.01. The van der Waals surface area contributed by atoms with E-state index in [9.17, 15) is 5.26 Å². The molecule has 1 aliphatic rings. The van der Waals surface area contributed by atoms with Crippen LogP contribution in [0.3, 0.4) is 0 Å². The zero-order valence-electron chi connectivity index (χ0n) is 10.8. The molecule has 96 valence electrons. The van der Waals surface area contributed by atoms with Crippen molar-refractivity contribution in [1.29, 1.82) is 5.26 Å². The summed E-state index contributed by atoms with van der Waals surface area (Å²) in [6.45, 7) is 4.28. The maximum absolute atomic E-state index is 9.20. The number of ether oxygens (including phenoxy) is 1. The van der Waals surface area contributed by atoms with Crippen LogP contribution in [-0.2, 0) is 0 Å². The summed E-state index contributed by atoms with van der Waals surface area (Å²) in [6.07, 6.45) is 3.08. The third-order valence-corrected chi connectivity index (χ3v) is 4.21. The van der Waals surface area contributed by atoms with Gasteiger partial charge in [-0.25, -0.2) is 0 Å². The molecule has 1 saturated carbocycles. The summed E-state index contributed by atoms with van der Waals surface area (Å²) < 4.78 is 7.02. The monoisotopic (exact) mass is 307 g/mol. The Morgan fingerprint density at radius 2 is 2.17 bits per heavy atom. The lowest BCUT2D eigenvalue weighted by molar-refractivity contribution is 0.0949. The van der Waals surface area contributed by atoms with Crippen LogP contribution in [0.4, 0.5) is 0 Å². The summed E-state index contributed by atoms with van der Waals surface area (Å²) in [5.41, 5.74) is 1.20. The first kappa shape index (κ1) is 13.4. The average molecular weight is 308 g/mol. The predicted molar refractivity (Wildman–Crippen MR) is 75.4 cm³/mol. The Balaban J connectivity index is 2.13. The molecule has 0 saturated heterocycles. The van der Waals surface area contributed by atoms with Crippen LogP contribution in [0.15, 0.2) is 22.7 Å². The third-order valence-electron chi connectivity index (χ3n) is 3.59. The minimum absolute atomic E-state index is 0.0226. The molecular formula is C15H18BrNO. The van der Waals surface area contributed by atoms with E-state index < -0.39 is 0 Å². The molecule has 0 aliphatic heterocycles. The number of hydrogen-bond donors (Lipinski definition) is 0. The van der Waals surface area contributed by atoms with Crippen molar-refractivity contribution in [1.82, 2.24) is 0 Å². The van der Waals surface area contributed by atoms with Gasteiger partial charge in [-0.1, -0.05) is 13.0 Å². The van der Waals surface area contributed by atoms with Gasteiger partial charge >= 0.3 is 0 Å². The fraction of sp³-hybridized carbons (Fsp3) is 0.533. The Bertz CT molecular complexity index is 466. The van der Waals surface area contributed by atoms with Crippen molar-refractivity contribution in [2.24, 2.45) is 11.8 Å². The second-order valence-electron chi connectivity index (χ2n) is 5.24. The molecule has 2 rings (SSSR count). The van der Waals surface area contributed by atoms with Crippen LogP contribution < -0.4 is 4.74 Å². The van der Waals surface area contributed by atoms with E-state index in [1.54, 1.807) is 0 Å². The summed E-state index contributed by atoms with van der Waals surface area (Å²) in [7, 11) is 0. The van der Waals surface area contributed by atoms with Crippen LogP contribution in [0, 0.1) is 30.1 Å². The minimum Gasteiger partial charge on any atom is -0.488 e. The number of nitrogens with zero attached hydrogens (tertiary/aromatic N) is 1. The molecule has 3 atom stereocenters. The van der Waals surface area contributed by atoms with Gasteiger partial charge in [-0.3, -0.25) is 0 Å². The van der Waals surface area contributed by atoms with Crippen molar-refractivity contribution in [3.8, 4) is 11.8 Å². The summed E-state index contributed by atoms with van der Waals surface area (Å²) in [5.74, 6) is 1.51. The topological polar surface area (TPSA) is 33.0 Å². The summed E-state index contributed by atoms with van der Waals surface area (Å²) >= 11 is 3.52. The molecule has 1 aliphatic carbocycles. The van der Waals surface area contributed by atoms with E-state index in [2.05, 4.69) is 35.8 Å². The smallest absolute Gasteiger partial charge is 0.133 e. The predicted octanol–water partition coefficient (Wildman–Crippen LogP) is 4.46. The molecule has 0 heterocycles. The van der Waals surface area contributed by atoms with Crippen LogP contribution in [0.5, 0.6) is 5.75 Å². The van der Waals surface area contributed by atoms with Crippen molar-refractivity contribution < 1.29 is 4.74 Å². The second-order valence-corrected chi connectivity index (χ2v) is 6.10. The van der Waals surface area contributed by atoms with E-state index >= 15 is 0 Å². The van der Waals surface area contributed by atoms with Crippen molar-refractivity contribution in [2.45, 2.75) is 39.2 Å². The Morgan fingerprint density at radius 1 is 1.39 bits per heavy atom. The molecule has 1 aromatic carbocycles. The van der Waals surface area contributed by atoms with E-state index in [1.807, 2.05) is 18.2 Å². The van der Waals surface area contributed by atoms with Crippen LogP contribution in [0.25, 0.3) is 0 Å². The Labute approximate surface area is 117 Å². The number of nitriles is 1. The van der Waals surface area contributed by atoms with Crippen molar-refractivity contribution in [3.63, 3.8) is 0 Å². The van der Waals surface area contributed by atoms with Gasteiger partial charge in [-0.2, -0.15) is 5.26 Å². The van der Waals surface area contributed by atoms with Gasteiger partial charge in [0.2, 0.25) is 0 Å². The molecule has 0 amide bonds. The highest BCUT2D eigenvalue weighted by Crippen LogP contribution is 2.34. The van der Waals surface area contributed by atoms with Gasteiger partial charge in [0, 0.05) is 0 Å². The second kappa shape index (κ2) is 5.75. The summed E-state index contributed by atoms with van der Waals surface area (Å²) in [5, 5.41) is 9.20. The van der Waals surface area contributed by atoms with Gasteiger partial charge in [0.15, 0.2) is 0 Å². The van der Waals surface area contributed by atoms with E-state index in [0.29, 0.717) is 5.92 Å². The molecule has 0 N–H and O–H groups in total. The highest BCUT2D eigenvalue weighted by atomic mass is 79.9. The number of benzene rings is 1. The lowest BCUT2D eigenvalue weighted by atomic mass is 9.81. The number of halogens is 1. The van der Waals surface area contributed by atoms with E-state index in [4.69, 9.17) is 4.74 Å². The van der Waals surface area contributed by atoms with Crippen LogP contribution in [0.2, 0.25) is 0 Å². The number of rotatable bonds is 2. The minimum atomic E-state index is 0.0226. The first-order chi connectivity index (χ1) is 8.60. The average Bonchev–Trinajstić information content (AvgIpc) is 2.33. The van der Waals surface area contributed by atoms with Gasteiger partial charge in [-0.05, 0) is 65.7 Å². The fourth-order valence-corrected chi connectivity index (χ4v) is 3.06. The molecule has 18 heavy (non-hydrogen) atoms. The zero-order chi connectivity index (χ0) is 13.1. The molecule has 2 nitrogen and oxygen atoms in total. The lowest BCUT2D eigenvalue weighted by Crippen LogP contribution is -2.32. The molecule has 0 radical (unpaired) electrons. The molecule has 1 fully saturated rings. The maximum Gasteiger partial charge on any atom is 0.133 e. The fourth-order valence-electron chi connectivity index (χ4n) is 2.47. The quantitative estimate of drug-likeness (QED) is 0.808. The zero-order valence-corrected chi connectivity index (χ0v) is 12.4. The van der Waals surface area contributed by atoms with Crippen LogP contribution >= 0.6 is 15.9 Å². The first-order valence-corrected chi connectivity index (χ1v) is 7.22.